The molecule has 0 spiro atoms. The lowest BCUT2D eigenvalue weighted by Crippen LogP contribution is -2.24. The molecule has 1 fully saturated rings. The van der Waals surface area contributed by atoms with Crippen LogP contribution in [0.15, 0.2) is 48.8 Å². The zero-order valence-electron chi connectivity index (χ0n) is 11.3. The van der Waals surface area contributed by atoms with Crippen LogP contribution in [0.4, 0.5) is 4.79 Å². The Bertz CT molecular complexity index is 596. The molecular formula is C16H16N2O2. The van der Waals surface area contributed by atoms with Gasteiger partial charge in [0.05, 0.1) is 6.54 Å². The second kappa shape index (κ2) is 5.33. The molecule has 20 heavy (non-hydrogen) atoms. The molecule has 102 valence electrons. The Morgan fingerprint density at radius 1 is 1.15 bits per heavy atom. The highest BCUT2D eigenvalue weighted by Gasteiger charge is 2.27. The molecular weight excluding hydrogens is 252 g/mol. The van der Waals surface area contributed by atoms with E-state index in [1.165, 1.54) is 0 Å². The van der Waals surface area contributed by atoms with Crippen molar-refractivity contribution in [3.05, 3.63) is 54.4 Å². The average molecular weight is 268 g/mol. The van der Waals surface area contributed by atoms with E-state index in [1.807, 2.05) is 31.2 Å². The number of nitrogens with zero attached hydrogens (tertiary/aromatic N) is 2. The number of pyridine rings is 1. The zero-order chi connectivity index (χ0) is 13.9. The summed E-state index contributed by atoms with van der Waals surface area (Å²) in [6, 6.07) is 12.2. The van der Waals surface area contributed by atoms with Gasteiger partial charge in [0.1, 0.15) is 6.10 Å². The highest BCUT2D eigenvalue weighted by atomic mass is 16.6. The van der Waals surface area contributed by atoms with E-state index in [1.54, 1.807) is 17.3 Å². The van der Waals surface area contributed by atoms with E-state index >= 15 is 0 Å². The van der Waals surface area contributed by atoms with Gasteiger partial charge in [-0.2, -0.15) is 0 Å². The lowest BCUT2D eigenvalue weighted by molar-refractivity contribution is 0.137. The quantitative estimate of drug-likeness (QED) is 0.859. The Morgan fingerprint density at radius 3 is 2.40 bits per heavy atom. The van der Waals surface area contributed by atoms with Gasteiger partial charge < -0.3 is 9.64 Å². The van der Waals surface area contributed by atoms with Crippen LogP contribution in [0.1, 0.15) is 12.5 Å². The summed E-state index contributed by atoms with van der Waals surface area (Å²) in [6.45, 7) is 3.16. The van der Waals surface area contributed by atoms with E-state index in [2.05, 4.69) is 17.1 Å². The number of amides is 1. The van der Waals surface area contributed by atoms with Crippen LogP contribution in [0.3, 0.4) is 0 Å². The van der Waals surface area contributed by atoms with Crippen LogP contribution in [-0.2, 0) is 11.3 Å². The zero-order valence-corrected chi connectivity index (χ0v) is 11.3. The summed E-state index contributed by atoms with van der Waals surface area (Å²) in [6.07, 6.45) is 3.32. The van der Waals surface area contributed by atoms with Crippen LogP contribution in [0.25, 0.3) is 11.1 Å². The number of carbonyl (C=O) groups excluding carboxylic acids is 1. The topological polar surface area (TPSA) is 42.4 Å². The third kappa shape index (κ3) is 2.64. The van der Waals surface area contributed by atoms with Crippen molar-refractivity contribution in [2.45, 2.75) is 19.6 Å². The lowest BCUT2D eigenvalue weighted by Gasteiger charge is -2.13. The van der Waals surface area contributed by atoms with Crippen LogP contribution in [-0.4, -0.2) is 28.6 Å². The molecule has 0 bridgehead atoms. The Kier molecular flexibility index (Phi) is 3.37. The van der Waals surface area contributed by atoms with E-state index in [0.717, 1.165) is 16.7 Å². The van der Waals surface area contributed by atoms with Crippen molar-refractivity contribution in [1.82, 2.24) is 9.88 Å². The van der Waals surface area contributed by atoms with Crippen molar-refractivity contribution in [2.24, 2.45) is 0 Å². The molecule has 0 saturated carbocycles. The van der Waals surface area contributed by atoms with Crippen LogP contribution in [0.5, 0.6) is 0 Å². The molecule has 0 radical (unpaired) electrons. The molecule has 1 amide bonds. The maximum atomic E-state index is 11.6. The Hall–Kier alpha value is -2.36. The van der Waals surface area contributed by atoms with Gasteiger partial charge in [0.2, 0.25) is 0 Å². The lowest BCUT2D eigenvalue weighted by atomic mass is 10.1. The number of benzene rings is 1. The van der Waals surface area contributed by atoms with Crippen LogP contribution < -0.4 is 0 Å². The molecule has 0 N–H and O–H groups in total. The number of hydrogen-bond acceptors (Lipinski definition) is 3. The van der Waals surface area contributed by atoms with Gasteiger partial charge in [-0.25, -0.2) is 4.79 Å². The predicted octanol–water partition coefficient (Wildman–Crippen LogP) is 3.09. The number of ether oxygens (including phenoxy) is 1. The van der Waals surface area contributed by atoms with E-state index in [9.17, 15) is 4.79 Å². The summed E-state index contributed by atoms with van der Waals surface area (Å²) in [5.74, 6) is 0. The van der Waals surface area contributed by atoms with Gasteiger partial charge in [-0.15, -0.1) is 0 Å². The summed E-state index contributed by atoms with van der Waals surface area (Å²) in [5.41, 5.74) is 3.39. The molecule has 1 aromatic heterocycles. The minimum atomic E-state index is -0.226. The Morgan fingerprint density at radius 2 is 1.80 bits per heavy atom. The predicted molar refractivity (Wildman–Crippen MR) is 76.0 cm³/mol. The standard InChI is InChI=1S/C16H16N2O2/c1-12-10-18(16(19)20-12)11-13-2-4-14(5-3-13)15-6-8-17-9-7-15/h2-9,12H,10-11H2,1H3/t12-/m1/s1. The first-order valence-corrected chi connectivity index (χ1v) is 6.67. The molecule has 2 heterocycles. The van der Waals surface area contributed by atoms with Gasteiger partial charge in [-0.1, -0.05) is 24.3 Å². The fourth-order valence-corrected chi connectivity index (χ4v) is 2.37. The van der Waals surface area contributed by atoms with Crippen molar-refractivity contribution >= 4 is 6.09 Å². The van der Waals surface area contributed by atoms with Gasteiger partial charge >= 0.3 is 6.09 Å². The van der Waals surface area contributed by atoms with Crippen molar-refractivity contribution in [1.29, 1.82) is 0 Å². The van der Waals surface area contributed by atoms with E-state index in [0.29, 0.717) is 13.1 Å². The molecule has 3 rings (SSSR count). The van der Waals surface area contributed by atoms with Crippen molar-refractivity contribution in [3.63, 3.8) is 0 Å². The minimum absolute atomic E-state index is 0.0152. The maximum Gasteiger partial charge on any atom is 0.410 e. The first-order valence-electron chi connectivity index (χ1n) is 6.67. The van der Waals surface area contributed by atoms with E-state index in [4.69, 9.17) is 4.74 Å². The third-order valence-electron chi connectivity index (χ3n) is 3.38. The minimum Gasteiger partial charge on any atom is -0.444 e. The van der Waals surface area contributed by atoms with E-state index < -0.39 is 0 Å². The molecule has 1 aromatic carbocycles. The fraction of sp³-hybridized carbons (Fsp3) is 0.250. The number of cyclic esters (lactones) is 1. The molecule has 1 aliphatic heterocycles. The van der Waals surface area contributed by atoms with Crippen molar-refractivity contribution in [3.8, 4) is 11.1 Å². The van der Waals surface area contributed by atoms with Crippen molar-refractivity contribution < 1.29 is 9.53 Å². The first-order chi connectivity index (χ1) is 9.72. The number of carbonyl (C=O) groups is 1. The number of aromatic nitrogens is 1. The normalized spacial score (nSPS) is 18.1. The first kappa shape index (κ1) is 12.7. The molecule has 0 unspecified atom stereocenters. The molecule has 1 saturated heterocycles. The molecule has 4 nitrogen and oxygen atoms in total. The molecule has 0 aliphatic carbocycles. The second-order valence-corrected chi connectivity index (χ2v) is 5.01. The van der Waals surface area contributed by atoms with Crippen LogP contribution in [0.2, 0.25) is 0 Å². The van der Waals surface area contributed by atoms with Crippen LogP contribution >= 0.6 is 0 Å². The smallest absolute Gasteiger partial charge is 0.410 e. The largest absolute Gasteiger partial charge is 0.444 e. The van der Waals surface area contributed by atoms with Gasteiger partial charge in [-0.05, 0) is 35.7 Å². The monoisotopic (exact) mass is 268 g/mol. The van der Waals surface area contributed by atoms with Gasteiger partial charge in [0, 0.05) is 18.9 Å². The molecule has 1 aliphatic rings. The highest BCUT2D eigenvalue weighted by Crippen LogP contribution is 2.20. The summed E-state index contributed by atoms with van der Waals surface area (Å²) >= 11 is 0. The number of rotatable bonds is 3. The molecule has 1 atom stereocenters. The van der Waals surface area contributed by atoms with Gasteiger partial charge in [-0.3, -0.25) is 4.98 Å². The SMILES string of the molecule is C[C@@H]1CN(Cc2ccc(-c3ccncc3)cc2)C(=O)O1. The average Bonchev–Trinajstić information content (AvgIpc) is 2.79. The summed E-state index contributed by atoms with van der Waals surface area (Å²) in [7, 11) is 0. The third-order valence-corrected chi connectivity index (χ3v) is 3.38. The van der Waals surface area contributed by atoms with Crippen LogP contribution in [0, 0.1) is 0 Å². The Balaban J connectivity index is 1.72. The summed E-state index contributed by atoms with van der Waals surface area (Å²) < 4.78 is 5.12. The molecule has 4 heteroatoms. The summed E-state index contributed by atoms with van der Waals surface area (Å²) in [5, 5.41) is 0. The van der Waals surface area contributed by atoms with Gasteiger partial charge in [0.25, 0.3) is 0 Å². The maximum absolute atomic E-state index is 11.6. The van der Waals surface area contributed by atoms with Gasteiger partial charge in [0.15, 0.2) is 0 Å². The molecule has 2 aromatic rings. The highest BCUT2D eigenvalue weighted by molar-refractivity contribution is 5.70. The number of hydrogen-bond donors (Lipinski definition) is 0. The Labute approximate surface area is 118 Å². The fourth-order valence-electron chi connectivity index (χ4n) is 2.37. The van der Waals surface area contributed by atoms with E-state index in [-0.39, 0.29) is 12.2 Å². The summed E-state index contributed by atoms with van der Waals surface area (Å²) in [4.78, 5) is 17.3. The van der Waals surface area contributed by atoms with Crippen molar-refractivity contribution in [2.75, 3.05) is 6.54 Å². The second-order valence-electron chi connectivity index (χ2n) is 5.01.